The fourth-order valence-electron chi connectivity index (χ4n) is 2.09. The first-order chi connectivity index (χ1) is 8.63. The van der Waals surface area contributed by atoms with E-state index in [9.17, 15) is 0 Å². The molecule has 1 aromatic heterocycles. The molecule has 18 heavy (non-hydrogen) atoms. The summed E-state index contributed by atoms with van der Waals surface area (Å²) in [5.41, 5.74) is 3.37. The summed E-state index contributed by atoms with van der Waals surface area (Å²) in [7, 11) is 0. The molecule has 1 heterocycles. The lowest BCUT2D eigenvalue weighted by Crippen LogP contribution is -2.09. The van der Waals surface area contributed by atoms with Crippen molar-refractivity contribution in [2.45, 2.75) is 32.7 Å². The number of hydrogen-bond donors (Lipinski definition) is 0. The molecule has 0 saturated carbocycles. The van der Waals surface area contributed by atoms with Gasteiger partial charge < -0.3 is 9.30 Å². The van der Waals surface area contributed by atoms with Crippen LogP contribution in [0.5, 0.6) is 0 Å². The van der Waals surface area contributed by atoms with E-state index in [-0.39, 0.29) is 5.38 Å². The number of halogens is 1. The summed E-state index contributed by atoms with van der Waals surface area (Å²) in [6, 6.07) is 6.27. The fraction of sp³-hybridized carbons (Fsp3) is 0.500. The Morgan fingerprint density at radius 2 is 2.22 bits per heavy atom. The van der Waals surface area contributed by atoms with Gasteiger partial charge in [-0.25, -0.2) is 4.98 Å². The molecule has 0 aliphatic rings. The van der Waals surface area contributed by atoms with Gasteiger partial charge in [-0.3, -0.25) is 0 Å². The number of nitrogens with zero attached hydrogens (tertiary/aromatic N) is 2. The van der Waals surface area contributed by atoms with Crippen molar-refractivity contribution in [2.24, 2.45) is 0 Å². The maximum Gasteiger partial charge on any atom is 0.127 e. The molecule has 0 spiro atoms. The SMILES string of the molecule is CCOCCn1c(C(C)Cl)nc2ccc(C)cc21. The Hall–Kier alpha value is -1.06. The van der Waals surface area contributed by atoms with E-state index in [2.05, 4.69) is 28.6 Å². The van der Waals surface area contributed by atoms with Crippen LogP contribution in [-0.2, 0) is 11.3 Å². The van der Waals surface area contributed by atoms with Crippen LogP contribution >= 0.6 is 11.6 Å². The maximum absolute atomic E-state index is 6.21. The molecule has 0 saturated heterocycles. The lowest BCUT2D eigenvalue weighted by atomic mass is 10.2. The first-order valence-electron chi connectivity index (χ1n) is 6.32. The van der Waals surface area contributed by atoms with Crippen LogP contribution in [0.15, 0.2) is 18.2 Å². The van der Waals surface area contributed by atoms with Crippen molar-refractivity contribution in [3.63, 3.8) is 0 Å². The summed E-state index contributed by atoms with van der Waals surface area (Å²) in [4.78, 5) is 4.61. The molecule has 0 aliphatic heterocycles. The van der Waals surface area contributed by atoms with Gasteiger partial charge in [-0.2, -0.15) is 0 Å². The summed E-state index contributed by atoms with van der Waals surface area (Å²) in [6.45, 7) is 8.25. The van der Waals surface area contributed by atoms with Gasteiger partial charge in [0.05, 0.1) is 23.0 Å². The topological polar surface area (TPSA) is 27.1 Å². The fourth-order valence-corrected chi connectivity index (χ4v) is 2.26. The first-order valence-corrected chi connectivity index (χ1v) is 6.75. The Morgan fingerprint density at radius 3 is 2.89 bits per heavy atom. The highest BCUT2D eigenvalue weighted by atomic mass is 35.5. The maximum atomic E-state index is 6.21. The average Bonchev–Trinajstić information content (AvgIpc) is 2.68. The molecular weight excluding hydrogens is 248 g/mol. The van der Waals surface area contributed by atoms with Crippen LogP contribution in [0.4, 0.5) is 0 Å². The predicted molar refractivity (Wildman–Crippen MR) is 75.2 cm³/mol. The summed E-state index contributed by atoms with van der Waals surface area (Å²) in [5.74, 6) is 0.914. The second-order valence-corrected chi connectivity index (χ2v) is 5.08. The third kappa shape index (κ3) is 2.68. The first kappa shape index (κ1) is 13.4. The number of ether oxygens (including phenoxy) is 1. The number of aromatic nitrogens is 2. The average molecular weight is 267 g/mol. The van der Waals surface area contributed by atoms with E-state index in [1.165, 1.54) is 5.56 Å². The number of alkyl halides is 1. The lowest BCUT2D eigenvalue weighted by Gasteiger charge is -2.10. The molecule has 4 heteroatoms. The van der Waals surface area contributed by atoms with Crippen molar-refractivity contribution in [3.8, 4) is 0 Å². The van der Waals surface area contributed by atoms with E-state index in [0.717, 1.165) is 30.0 Å². The number of rotatable bonds is 5. The molecule has 1 aromatic carbocycles. The second-order valence-electron chi connectivity index (χ2n) is 4.43. The predicted octanol–water partition coefficient (Wildman–Crippen LogP) is 3.68. The third-order valence-corrected chi connectivity index (χ3v) is 3.15. The zero-order chi connectivity index (χ0) is 13.1. The molecule has 3 nitrogen and oxygen atoms in total. The van der Waals surface area contributed by atoms with Crippen LogP contribution in [0.25, 0.3) is 11.0 Å². The number of imidazole rings is 1. The smallest absolute Gasteiger partial charge is 0.127 e. The Bertz CT molecular complexity index is 534. The van der Waals surface area contributed by atoms with Crippen LogP contribution in [0.1, 0.15) is 30.6 Å². The van der Waals surface area contributed by atoms with E-state index in [4.69, 9.17) is 16.3 Å². The highest BCUT2D eigenvalue weighted by molar-refractivity contribution is 6.20. The van der Waals surface area contributed by atoms with E-state index in [1.807, 2.05) is 19.9 Å². The zero-order valence-corrected chi connectivity index (χ0v) is 11.9. The Labute approximate surface area is 113 Å². The van der Waals surface area contributed by atoms with Crippen LogP contribution in [0.3, 0.4) is 0 Å². The third-order valence-electron chi connectivity index (χ3n) is 2.95. The van der Waals surface area contributed by atoms with Gasteiger partial charge in [-0.15, -0.1) is 11.6 Å². The molecule has 2 rings (SSSR count). The number of benzene rings is 1. The van der Waals surface area contributed by atoms with Gasteiger partial charge in [0.1, 0.15) is 5.82 Å². The number of aryl methyl sites for hydroxylation is 1. The highest BCUT2D eigenvalue weighted by Gasteiger charge is 2.14. The molecule has 0 radical (unpaired) electrons. The standard InChI is InChI=1S/C14H19ClN2O/c1-4-18-8-7-17-13-9-10(2)5-6-12(13)16-14(17)11(3)15/h5-6,9,11H,4,7-8H2,1-3H3. The van der Waals surface area contributed by atoms with Gasteiger partial charge in [-0.1, -0.05) is 6.07 Å². The minimum atomic E-state index is -0.0978. The van der Waals surface area contributed by atoms with Crippen LogP contribution in [0, 0.1) is 6.92 Å². The Balaban J connectivity index is 2.43. The molecule has 0 bridgehead atoms. The van der Waals surface area contributed by atoms with Crippen LogP contribution in [0.2, 0.25) is 0 Å². The van der Waals surface area contributed by atoms with Crippen molar-refractivity contribution < 1.29 is 4.74 Å². The Kier molecular flexibility index (Phi) is 4.25. The Morgan fingerprint density at radius 1 is 1.44 bits per heavy atom. The van der Waals surface area contributed by atoms with Gasteiger partial charge >= 0.3 is 0 Å². The molecule has 0 fully saturated rings. The van der Waals surface area contributed by atoms with E-state index in [1.54, 1.807) is 0 Å². The van der Waals surface area contributed by atoms with Crippen molar-refractivity contribution in [1.82, 2.24) is 9.55 Å². The van der Waals surface area contributed by atoms with Crippen LogP contribution < -0.4 is 0 Å². The van der Waals surface area contributed by atoms with Gasteiger partial charge in [-0.05, 0) is 38.5 Å². The minimum Gasteiger partial charge on any atom is -0.380 e. The molecule has 0 aliphatic carbocycles. The van der Waals surface area contributed by atoms with Gasteiger partial charge in [0.25, 0.3) is 0 Å². The summed E-state index contributed by atoms with van der Waals surface area (Å²) in [6.07, 6.45) is 0. The normalized spacial score (nSPS) is 13.1. The molecule has 98 valence electrons. The van der Waals surface area contributed by atoms with Crippen LogP contribution in [-0.4, -0.2) is 22.8 Å². The highest BCUT2D eigenvalue weighted by Crippen LogP contribution is 2.25. The van der Waals surface area contributed by atoms with Crippen molar-refractivity contribution in [3.05, 3.63) is 29.6 Å². The monoisotopic (exact) mass is 266 g/mol. The van der Waals surface area contributed by atoms with E-state index in [0.29, 0.717) is 6.61 Å². The molecule has 0 N–H and O–H groups in total. The summed E-state index contributed by atoms with van der Waals surface area (Å²) in [5, 5.41) is -0.0978. The van der Waals surface area contributed by atoms with Gasteiger partial charge in [0, 0.05) is 13.2 Å². The largest absolute Gasteiger partial charge is 0.380 e. The second kappa shape index (κ2) is 5.72. The van der Waals surface area contributed by atoms with E-state index >= 15 is 0 Å². The van der Waals surface area contributed by atoms with Gasteiger partial charge in [0.2, 0.25) is 0 Å². The summed E-state index contributed by atoms with van der Waals surface area (Å²) >= 11 is 6.21. The van der Waals surface area contributed by atoms with E-state index < -0.39 is 0 Å². The molecule has 1 unspecified atom stereocenters. The van der Waals surface area contributed by atoms with Gasteiger partial charge in [0.15, 0.2) is 0 Å². The summed E-state index contributed by atoms with van der Waals surface area (Å²) < 4.78 is 7.59. The minimum absolute atomic E-state index is 0.0978. The lowest BCUT2D eigenvalue weighted by molar-refractivity contribution is 0.139. The molecule has 0 amide bonds. The molecular formula is C14H19ClN2O. The number of fused-ring (bicyclic) bond motifs is 1. The van der Waals surface area contributed by atoms with Crippen molar-refractivity contribution in [1.29, 1.82) is 0 Å². The molecule has 1 atom stereocenters. The zero-order valence-electron chi connectivity index (χ0n) is 11.1. The van der Waals surface area contributed by atoms with Crippen molar-refractivity contribution >= 4 is 22.6 Å². The number of hydrogen-bond acceptors (Lipinski definition) is 2. The quantitative estimate of drug-likeness (QED) is 0.610. The molecule has 2 aromatic rings. The van der Waals surface area contributed by atoms with Crippen molar-refractivity contribution in [2.75, 3.05) is 13.2 Å².